The van der Waals surface area contributed by atoms with Gasteiger partial charge in [-0.05, 0) is 61.4 Å². The largest absolute Gasteiger partial charge is 0.370 e. The summed E-state index contributed by atoms with van der Waals surface area (Å²) in [5.74, 6) is 3.16. The normalized spacial score (nSPS) is 22.1. The zero-order valence-corrected chi connectivity index (χ0v) is 22.5. The Morgan fingerprint density at radius 1 is 1.11 bits per heavy atom. The molecule has 2 aromatic rings. The molecule has 3 aliphatic rings. The maximum atomic E-state index is 13.5. The first-order chi connectivity index (χ1) is 18.2. The van der Waals surface area contributed by atoms with E-state index in [1.54, 1.807) is 12.5 Å². The Morgan fingerprint density at radius 2 is 1.84 bits per heavy atom. The van der Waals surface area contributed by atoms with Crippen LogP contribution in [0.4, 0.5) is 25.8 Å². The molecule has 2 aliphatic heterocycles. The second-order valence-electron chi connectivity index (χ2n) is 10.7. The zero-order valence-electron chi connectivity index (χ0n) is 21.7. The van der Waals surface area contributed by atoms with Crippen molar-refractivity contribution in [2.24, 2.45) is 21.4 Å². The van der Waals surface area contributed by atoms with Gasteiger partial charge in [0, 0.05) is 57.5 Å². The molecule has 1 spiro atoms. The lowest BCUT2D eigenvalue weighted by Crippen LogP contribution is -2.39. The fourth-order valence-corrected chi connectivity index (χ4v) is 5.75. The van der Waals surface area contributed by atoms with Gasteiger partial charge < -0.3 is 15.5 Å². The number of benzene rings is 1. The summed E-state index contributed by atoms with van der Waals surface area (Å²) in [5, 5.41) is 3.93. The molecule has 2 saturated heterocycles. The lowest BCUT2D eigenvalue weighted by atomic mass is 9.93. The fourth-order valence-electron chi connectivity index (χ4n) is 5.29. The van der Waals surface area contributed by atoms with E-state index in [1.165, 1.54) is 25.7 Å². The molecule has 1 atom stereocenters. The third-order valence-electron chi connectivity index (χ3n) is 7.87. The van der Waals surface area contributed by atoms with Crippen molar-refractivity contribution in [1.29, 1.82) is 0 Å². The second kappa shape index (κ2) is 11.1. The number of piperidine rings is 2. The SMILES string of the molecule is CS(=O)Nc1ccc(N=C/C(=N\N)c2cccc(CN3CCC(F)(F)CC3)n2)c(N2CCC3(CC2)CC3)c1. The molecule has 0 amide bonds. The first-order valence-corrected chi connectivity index (χ1v) is 14.7. The van der Waals surface area contributed by atoms with Crippen LogP contribution in [0, 0.1) is 5.41 Å². The average molecular weight is 544 g/mol. The molecule has 0 radical (unpaired) electrons. The van der Waals surface area contributed by atoms with Gasteiger partial charge in [-0.3, -0.25) is 9.89 Å². The van der Waals surface area contributed by atoms with Gasteiger partial charge in [0.1, 0.15) is 16.7 Å². The van der Waals surface area contributed by atoms with Crippen molar-refractivity contribution in [3.63, 3.8) is 0 Å². The number of halogens is 2. The number of rotatable bonds is 8. The number of nitrogens with zero attached hydrogens (tertiary/aromatic N) is 5. The Labute approximate surface area is 225 Å². The number of aromatic nitrogens is 1. The summed E-state index contributed by atoms with van der Waals surface area (Å²) in [7, 11) is -1.18. The van der Waals surface area contributed by atoms with Crippen LogP contribution in [0.3, 0.4) is 0 Å². The quantitative estimate of drug-likeness (QED) is 0.291. The standard InChI is InChI=1S/C27H35F2N7OS/c1-38(37)34-20-5-6-23(25(17-20)36-15-9-26(7-8-26)10-16-36)31-18-24(33-30)22-4-2-3-21(32-22)19-35-13-11-27(28,29)12-14-35/h2-6,17-18,34H,7-16,19,30H2,1H3/b31-18?,33-24+. The molecule has 38 heavy (non-hydrogen) atoms. The smallest absolute Gasteiger partial charge is 0.250 e. The van der Waals surface area contributed by atoms with Gasteiger partial charge in [-0.15, -0.1) is 0 Å². The summed E-state index contributed by atoms with van der Waals surface area (Å²) in [6, 6.07) is 11.3. The van der Waals surface area contributed by atoms with E-state index in [0.29, 0.717) is 36.5 Å². The average Bonchev–Trinajstić information content (AvgIpc) is 3.65. The van der Waals surface area contributed by atoms with E-state index in [4.69, 9.17) is 10.8 Å². The number of nitrogens with two attached hydrogens (primary N) is 1. The minimum Gasteiger partial charge on any atom is -0.370 e. The van der Waals surface area contributed by atoms with Gasteiger partial charge >= 0.3 is 0 Å². The summed E-state index contributed by atoms with van der Waals surface area (Å²) in [6.07, 6.45) is 7.97. The van der Waals surface area contributed by atoms with Gasteiger partial charge in [-0.2, -0.15) is 5.10 Å². The Bertz CT molecular complexity index is 1230. The molecule has 11 heteroatoms. The van der Waals surface area contributed by atoms with Crippen molar-refractivity contribution < 1.29 is 13.0 Å². The summed E-state index contributed by atoms with van der Waals surface area (Å²) in [5.41, 5.74) is 4.85. The first-order valence-electron chi connectivity index (χ1n) is 13.1. The number of aliphatic imine (C=N–C) groups is 1. The summed E-state index contributed by atoms with van der Waals surface area (Å²) in [6.45, 7) is 3.10. The second-order valence-corrected chi connectivity index (χ2v) is 11.8. The Kier molecular flexibility index (Phi) is 7.76. The van der Waals surface area contributed by atoms with Crippen LogP contribution in [0.1, 0.15) is 49.9 Å². The number of anilines is 2. The van der Waals surface area contributed by atoms with Gasteiger partial charge in [-0.25, -0.2) is 18.0 Å². The van der Waals surface area contributed by atoms with E-state index < -0.39 is 16.9 Å². The van der Waals surface area contributed by atoms with Crippen molar-refractivity contribution in [2.75, 3.05) is 42.1 Å². The number of likely N-dealkylation sites (tertiary alicyclic amines) is 1. The lowest BCUT2D eigenvalue weighted by molar-refractivity contribution is -0.0568. The summed E-state index contributed by atoms with van der Waals surface area (Å²) >= 11 is 0. The molecule has 3 heterocycles. The fraction of sp³-hybridized carbons (Fsp3) is 0.519. The molecule has 204 valence electrons. The van der Waals surface area contributed by atoms with E-state index >= 15 is 0 Å². The van der Waals surface area contributed by atoms with Crippen molar-refractivity contribution in [3.05, 3.63) is 47.8 Å². The molecule has 1 saturated carbocycles. The van der Waals surface area contributed by atoms with Crippen molar-refractivity contribution in [1.82, 2.24) is 9.88 Å². The van der Waals surface area contributed by atoms with Gasteiger partial charge in [0.2, 0.25) is 0 Å². The van der Waals surface area contributed by atoms with Gasteiger partial charge in [0.05, 0.1) is 29.0 Å². The molecule has 0 bridgehead atoms. The highest BCUT2D eigenvalue weighted by atomic mass is 32.2. The highest BCUT2D eigenvalue weighted by Gasteiger charge is 2.44. The third kappa shape index (κ3) is 6.55. The van der Waals surface area contributed by atoms with Crippen LogP contribution in [-0.4, -0.2) is 64.4 Å². The van der Waals surface area contributed by atoms with Crippen LogP contribution >= 0.6 is 0 Å². The number of hydrogen-bond acceptors (Lipinski definition) is 7. The molecule has 5 rings (SSSR count). The summed E-state index contributed by atoms with van der Waals surface area (Å²) in [4.78, 5) is 13.8. The highest BCUT2D eigenvalue weighted by Crippen LogP contribution is 2.54. The predicted octanol–water partition coefficient (Wildman–Crippen LogP) is 4.46. The Balaban J connectivity index is 1.33. The topological polar surface area (TPSA) is 99.2 Å². The molecule has 1 aromatic carbocycles. The number of alkyl halides is 2. The van der Waals surface area contributed by atoms with E-state index in [1.807, 2.05) is 41.3 Å². The van der Waals surface area contributed by atoms with Crippen LogP contribution < -0.4 is 15.5 Å². The molecular weight excluding hydrogens is 508 g/mol. The van der Waals surface area contributed by atoms with Crippen LogP contribution in [0.15, 0.2) is 46.5 Å². The van der Waals surface area contributed by atoms with Crippen LogP contribution in [0.25, 0.3) is 0 Å². The molecular formula is C27H35F2N7OS. The van der Waals surface area contributed by atoms with E-state index in [-0.39, 0.29) is 12.8 Å². The lowest BCUT2D eigenvalue weighted by Gasteiger charge is -2.34. The molecule has 1 aliphatic carbocycles. The maximum Gasteiger partial charge on any atom is 0.250 e. The molecule has 1 unspecified atom stereocenters. The zero-order chi connectivity index (χ0) is 26.8. The van der Waals surface area contributed by atoms with E-state index in [9.17, 15) is 13.0 Å². The number of pyridine rings is 1. The van der Waals surface area contributed by atoms with Crippen LogP contribution in [0.5, 0.6) is 0 Å². The van der Waals surface area contributed by atoms with Crippen LogP contribution in [0.2, 0.25) is 0 Å². The molecule has 3 N–H and O–H groups in total. The highest BCUT2D eigenvalue weighted by molar-refractivity contribution is 7.85. The number of hydrazone groups is 1. The maximum absolute atomic E-state index is 13.5. The minimum atomic E-state index is -2.57. The number of nitrogens with one attached hydrogen (secondary N) is 1. The number of hydrogen-bond donors (Lipinski definition) is 2. The van der Waals surface area contributed by atoms with Gasteiger partial charge in [0.15, 0.2) is 0 Å². The van der Waals surface area contributed by atoms with Crippen molar-refractivity contribution in [3.8, 4) is 0 Å². The Morgan fingerprint density at radius 3 is 2.50 bits per heavy atom. The minimum absolute atomic E-state index is 0.127. The Hall–Kier alpha value is -2.92. The first kappa shape index (κ1) is 26.7. The van der Waals surface area contributed by atoms with Gasteiger partial charge in [0.25, 0.3) is 5.92 Å². The summed E-state index contributed by atoms with van der Waals surface area (Å²) < 4.78 is 41.8. The van der Waals surface area contributed by atoms with Crippen molar-refractivity contribution >= 4 is 40.0 Å². The van der Waals surface area contributed by atoms with E-state index in [0.717, 1.165) is 35.8 Å². The molecule has 3 fully saturated rings. The molecule has 8 nitrogen and oxygen atoms in total. The van der Waals surface area contributed by atoms with Gasteiger partial charge in [-0.1, -0.05) is 6.07 Å². The molecule has 1 aromatic heterocycles. The predicted molar refractivity (Wildman–Crippen MR) is 150 cm³/mol. The van der Waals surface area contributed by atoms with E-state index in [2.05, 4.69) is 19.7 Å². The monoisotopic (exact) mass is 543 g/mol. The van der Waals surface area contributed by atoms with Crippen molar-refractivity contribution in [2.45, 2.75) is 51.0 Å². The third-order valence-corrected chi connectivity index (χ3v) is 8.39. The van der Waals surface area contributed by atoms with Crippen LogP contribution in [-0.2, 0) is 17.5 Å².